The fraction of sp³-hybridized carbons (Fsp3) is 0.556. The summed E-state index contributed by atoms with van der Waals surface area (Å²) in [5.74, 6) is 2.58. The van der Waals surface area contributed by atoms with E-state index < -0.39 is 0 Å². The van der Waals surface area contributed by atoms with Crippen LogP contribution in [0.3, 0.4) is 0 Å². The van der Waals surface area contributed by atoms with Crippen molar-refractivity contribution in [3.05, 3.63) is 59.7 Å². The van der Waals surface area contributed by atoms with Crippen LogP contribution in [-0.4, -0.2) is 12.6 Å². The van der Waals surface area contributed by atoms with Gasteiger partial charge < -0.3 is 14.8 Å². The van der Waals surface area contributed by atoms with E-state index in [1.54, 1.807) is 7.11 Å². The van der Waals surface area contributed by atoms with Gasteiger partial charge in [-0.25, -0.2) is 0 Å². The molecule has 0 heterocycles. The largest absolute Gasteiger partial charge is 0.493 e. The molecule has 6 rings (SSSR count). The van der Waals surface area contributed by atoms with Crippen LogP contribution in [0.1, 0.15) is 63.5 Å². The number of nitrogens with one attached hydrogen (secondary N) is 1. The molecule has 0 aliphatic heterocycles. The first kappa shape index (κ1) is 19.9. The Labute approximate surface area is 181 Å². The van der Waals surface area contributed by atoms with E-state index in [1.165, 1.54) is 49.7 Å². The summed E-state index contributed by atoms with van der Waals surface area (Å²) in [4.78, 5) is 0. The minimum atomic E-state index is 0.280. The molecule has 4 aliphatic rings. The molecule has 2 unspecified atom stereocenters. The molecule has 0 saturated heterocycles. The Morgan fingerprint density at radius 2 is 1.63 bits per heavy atom. The first-order valence-electron chi connectivity index (χ1n) is 11.5. The van der Waals surface area contributed by atoms with Gasteiger partial charge in [0.15, 0.2) is 11.5 Å². The summed E-state index contributed by atoms with van der Waals surface area (Å²) in [6.07, 6.45) is 8.23. The van der Waals surface area contributed by atoms with E-state index in [-0.39, 0.29) is 5.54 Å². The quantitative estimate of drug-likeness (QED) is 0.602. The van der Waals surface area contributed by atoms with Crippen molar-refractivity contribution in [3.8, 4) is 11.5 Å². The van der Waals surface area contributed by atoms with Crippen LogP contribution in [0, 0.1) is 16.7 Å². The number of benzene rings is 2. The van der Waals surface area contributed by atoms with Crippen LogP contribution in [0.4, 0.5) is 0 Å². The summed E-state index contributed by atoms with van der Waals surface area (Å²) in [6, 6.07) is 16.6. The minimum Gasteiger partial charge on any atom is -0.493 e. The zero-order valence-electron chi connectivity index (χ0n) is 18.7. The third-order valence-electron chi connectivity index (χ3n) is 7.79. The van der Waals surface area contributed by atoms with E-state index >= 15 is 0 Å². The molecule has 4 fully saturated rings. The van der Waals surface area contributed by atoms with Crippen LogP contribution in [-0.2, 0) is 13.2 Å². The second-order valence-corrected chi connectivity index (χ2v) is 11.0. The smallest absolute Gasteiger partial charge is 0.166 e. The molecule has 2 aromatic rings. The molecule has 4 saturated carbocycles. The number of hydrogen-bond acceptors (Lipinski definition) is 3. The van der Waals surface area contributed by atoms with E-state index in [1.807, 2.05) is 12.1 Å². The highest BCUT2D eigenvalue weighted by Gasteiger charge is 2.59. The molecule has 0 spiro atoms. The number of ether oxygens (including phenoxy) is 2. The maximum Gasteiger partial charge on any atom is 0.166 e. The topological polar surface area (TPSA) is 30.5 Å². The van der Waals surface area contributed by atoms with Gasteiger partial charge in [0.05, 0.1) is 7.11 Å². The highest BCUT2D eigenvalue weighted by Crippen LogP contribution is 2.66. The van der Waals surface area contributed by atoms with Crippen LogP contribution in [0.2, 0.25) is 0 Å². The van der Waals surface area contributed by atoms with E-state index in [0.717, 1.165) is 24.0 Å². The fourth-order valence-corrected chi connectivity index (χ4v) is 7.68. The van der Waals surface area contributed by atoms with Gasteiger partial charge >= 0.3 is 0 Å². The van der Waals surface area contributed by atoms with Crippen molar-refractivity contribution in [2.45, 2.75) is 71.1 Å². The van der Waals surface area contributed by atoms with Crippen molar-refractivity contribution in [1.82, 2.24) is 5.32 Å². The van der Waals surface area contributed by atoms with Gasteiger partial charge in [-0.2, -0.15) is 0 Å². The van der Waals surface area contributed by atoms with Crippen molar-refractivity contribution in [3.63, 3.8) is 0 Å². The molecule has 0 radical (unpaired) electrons. The summed E-state index contributed by atoms with van der Waals surface area (Å²) in [7, 11) is 1.72. The number of methoxy groups -OCH3 is 1. The molecule has 3 nitrogen and oxygen atoms in total. The van der Waals surface area contributed by atoms with Crippen LogP contribution >= 0.6 is 0 Å². The molecule has 1 N–H and O–H groups in total. The van der Waals surface area contributed by atoms with Crippen LogP contribution < -0.4 is 14.8 Å². The van der Waals surface area contributed by atoms with Gasteiger partial charge in [-0.15, -0.1) is 0 Å². The summed E-state index contributed by atoms with van der Waals surface area (Å²) in [5.41, 5.74) is 3.67. The number of hydrogen-bond donors (Lipinski definition) is 1. The summed E-state index contributed by atoms with van der Waals surface area (Å²) in [5, 5.41) is 4.05. The Morgan fingerprint density at radius 3 is 2.30 bits per heavy atom. The zero-order valence-corrected chi connectivity index (χ0v) is 18.7. The molecule has 0 amide bonds. The Morgan fingerprint density at radius 1 is 0.900 bits per heavy atom. The molecule has 30 heavy (non-hydrogen) atoms. The Balaban J connectivity index is 1.35. The lowest BCUT2D eigenvalue weighted by molar-refractivity contribution is -0.118. The van der Waals surface area contributed by atoms with E-state index in [0.29, 0.717) is 17.4 Å². The Hall–Kier alpha value is -2.00. The van der Waals surface area contributed by atoms with Crippen LogP contribution in [0.25, 0.3) is 0 Å². The molecule has 4 bridgehead atoms. The van der Waals surface area contributed by atoms with Crippen LogP contribution in [0.5, 0.6) is 11.5 Å². The first-order chi connectivity index (χ1) is 14.4. The van der Waals surface area contributed by atoms with Crippen molar-refractivity contribution < 1.29 is 9.47 Å². The molecular formula is C27H35NO2. The predicted octanol–water partition coefficient (Wildman–Crippen LogP) is 6.11. The summed E-state index contributed by atoms with van der Waals surface area (Å²) >= 11 is 0. The van der Waals surface area contributed by atoms with Crippen molar-refractivity contribution >= 4 is 0 Å². The molecular weight excluding hydrogens is 370 g/mol. The fourth-order valence-electron chi connectivity index (χ4n) is 7.68. The normalized spacial score (nSPS) is 34.2. The van der Waals surface area contributed by atoms with Gasteiger partial charge in [0.2, 0.25) is 0 Å². The summed E-state index contributed by atoms with van der Waals surface area (Å²) < 4.78 is 11.9. The van der Waals surface area contributed by atoms with Crippen molar-refractivity contribution in [2.75, 3.05) is 7.11 Å². The minimum absolute atomic E-state index is 0.280. The van der Waals surface area contributed by atoms with E-state index in [4.69, 9.17) is 9.47 Å². The molecule has 0 aromatic heterocycles. The molecule has 2 atom stereocenters. The maximum absolute atomic E-state index is 6.29. The van der Waals surface area contributed by atoms with Gasteiger partial charge in [0.1, 0.15) is 6.61 Å². The Kier molecular flexibility index (Phi) is 4.85. The summed E-state index contributed by atoms with van der Waals surface area (Å²) in [6.45, 7) is 6.45. The third-order valence-corrected chi connectivity index (χ3v) is 7.79. The van der Waals surface area contributed by atoms with Gasteiger partial charge in [-0.05, 0) is 66.9 Å². The van der Waals surface area contributed by atoms with Gasteiger partial charge in [0, 0.05) is 17.6 Å². The maximum atomic E-state index is 6.29. The standard InChI is InChI=1S/C27H35NO2/c1-25-12-21-13-26(2,17-25)19-27(14-21,18-25)28-15-22-10-7-11-23(29-3)24(22)30-16-20-8-5-4-6-9-20/h4-11,21,28H,12-19H2,1-3H3. The zero-order chi connectivity index (χ0) is 20.8. The van der Waals surface area contributed by atoms with Crippen molar-refractivity contribution in [2.24, 2.45) is 16.7 Å². The average Bonchev–Trinajstić information content (AvgIpc) is 2.69. The lowest BCUT2D eigenvalue weighted by atomic mass is 9.43. The van der Waals surface area contributed by atoms with E-state index in [2.05, 4.69) is 55.6 Å². The third kappa shape index (κ3) is 3.73. The average molecular weight is 406 g/mol. The monoisotopic (exact) mass is 405 g/mol. The molecule has 160 valence electrons. The number of para-hydroxylation sites is 1. The second-order valence-electron chi connectivity index (χ2n) is 11.0. The number of rotatable bonds is 7. The van der Waals surface area contributed by atoms with Crippen molar-refractivity contribution in [1.29, 1.82) is 0 Å². The first-order valence-corrected chi connectivity index (χ1v) is 11.5. The second kappa shape index (κ2) is 7.30. The Bertz CT molecular complexity index is 890. The van der Waals surface area contributed by atoms with Crippen LogP contribution in [0.15, 0.2) is 48.5 Å². The molecule has 3 heteroatoms. The molecule has 2 aromatic carbocycles. The van der Waals surface area contributed by atoms with E-state index in [9.17, 15) is 0 Å². The lowest BCUT2D eigenvalue weighted by Gasteiger charge is -2.65. The highest BCUT2D eigenvalue weighted by molar-refractivity contribution is 5.47. The van der Waals surface area contributed by atoms with Gasteiger partial charge in [-0.3, -0.25) is 0 Å². The van der Waals surface area contributed by atoms with Gasteiger partial charge in [0.25, 0.3) is 0 Å². The highest BCUT2D eigenvalue weighted by atomic mass is 16.5. The SMILES string of the molecule is COc1cccc(CNC23CC4CC(C)(CC(C)(C4)C2)C3)c1OCc1ccccc1. The predicted molar refractivity (Wildman–Crippen MR) is 121 cm³/mol. The molecule has 4 aliphatic carbocycles. The van der Waals surface area contributed by atoms with Gasteiger partial charge in [-0.1, -0.05) is 56.3 Å². The lowest BCUT2D eigenvalue weighted by Crippen LogP contribution is -2.63.